The first-order valence-electron chi connectivity index (χ1n) is 6.36. The minimum Gasteiger partial charge on any atom is -0.491 e. The Balaban J connectivity index is 2.10. The fraction of sp³-hybridized carbons (Fsp3) is 0.286. The number of aromatic nitrogens is 1. The van der Waals surface area contributed by atoms with Crippen LogP contribution in [0.4, 0.5) is 5.13 Å². The van der Waals surface area contributed by atoms with Gasteiger partial charge in [0.15, 0.2) is 5.75 Å². The highest BCUT2D eigenvalue weighted by Crippen LogP contribution is 2.33. The van der Waals surface area contributed by atoms with Gasteiger partial charge in [-0.1, -0.05) is 23.2 Å². The van der Waals surface area contributed by atoms with Crippen molar-refractivity contribution in [3.05, 3.63) is 38.3 Å². The van der Waals surface area contributed by atoms with Crippen LogP contribution in [0.25, 0.3) is 0 Å². The van der Waals surface area contributed by atoms with Crippen LogP contribution in [0.3, 0.4) is 0 Å². The van der Waals surface area contributed by atoms with E-state index in [0.29, 0.717) is 22.4 Å². The van der Waals surface area contributed by atoms with E-state index in [1.807, 2.05) is 20.8 Å². The third kappa shape index (κ3) is 4.09. The minimum atomic E-state index is 0.465. The maximum absolute atomic E-state index is 6.13. The molecule has 0 aliphatic rings. The van der Waals surface area contributed by atoms with Gasteiger partial charge < -0.3 is 4.74 Å². The first kappa shape index (κ1) is 16.1. The molecule has 2 aromatic rings. The smallest absolute Gasteiger partial charge is 0.203 e. The Morgan fingerprint density at radius 1 is 1.33 bits per heavy atom. The number of ether oxygens (including phenoxy) is 1. The van der Waals surface area contributed by atoms with Crippen LogP contribution in [0.1, 0.15) is 23.1 Å². The number of nitrogens with zero attached hydrogens (tertiary/aromatic N) is 2. The molecule has 112 valence electrons. The van der Waals surface area contributed by atoms with Gasteiger partial charge in [-0.25, -0.2) is 4.98 Å². The summed E-state index contributed by atoms with van der Waals surface area (Å²) in [5.41, 5.74) is 4.68. The summed E-state index contributed by atoms with van der Waals surface area (Å²) in [5.74, 6) is 0.497. The van der Waals surface area contributed by atoms with Crippen LogP contribution in [-0.4, -0.2) is 17.8 Å². The fourth-order valence-corrected chi connectivity index (χ4v) is 3.00. The molecular weight excluding hydrogens is 329 g/mol. The lowest BCUT2D eigenvalue weighted by Crippen LogP contribution is -1.95. The quantitative estimate of drug-likeness (QED) is 0.619. The SMILES string of the molecule is CCOc1c(Cl)cc(/C=N\Nc2nc(C)c(C)s2)cc1Cl. The Morgan fingerprint density at radius 2 is 2.00 bits per heavy atom. The van der Waals surface area contributed by atoms with Gasteiger partial charge in [-0.3, -0.25) is 5.43 Å². The summed E-state index contributed by atoms with van der Waals surface area (Å²) in [7, 11) is 0. The molecule has 4 nitrogen and oxygen atoms in total. The van der Waals surface area contributed by atoms with Gasteiger partial charge >= 0.3 is 0 Å². The number of rotatable bonds is 5. The van der Waals surface area contributed by atoms with E-state index in [0.717, 1.165) is 16.4 Å². The second-order valence-corrected chi connectivity index (χ2v) is 6.29. The highest BCUT2D eigenvalue weighted by atomic mass is 35.5. The topological polar surface area (TPSA) is 46.5 Å². The van der Waals surface area contributed by atoms with Gasteiger partial charge in [0.05, 0.1) is 28.6 Å². The monoisotopic (exact) mass is 343 g/mol. The highest BCUT2D eigenvalue weighted by Gasteiger charge is 2.08. The van der Waals surface area contributed by atoms with Gasteiger partial charge in [0.25, 0.3) is 0 Å². The number of hydrazone groups is 1. The van der Waals surface area contributed by atoms with Crippen LogP contribution in [0.5, 0.6) is 5.75 Å². The fourth-order valence-electron chi connectivity index (χ4n) is 1.62. The summed E-state index contributed by atoms with van der Waals surface area (Å²) in [4.78, 5) is 5.50. The van der Waals surface area contributed by atoms with Crippen molar-refractivity contribution in [1.29, 1.82) is 0 Å². The molecule has 0 bridgehead atoms. The number of benzene rings is 1. The molecule has 7 heteroatoms. The van der Waals surface area contributed by atoms with Gasteiger partial charge in [-0.15, -0.1) is 11.3 Å². The Morgan fingerprint density at radius 3 is 2.52 bits per heavy atom. The van der Waals surface area contributed by atoms with Crippen molar-refractivity contribution >= 4 is 45.9 Å². The minimum absolute atomic E-state index is 0.465. The first-order valence-corrected chi connectivity index (χ1v) is 7.93. The number of hydrogen-bond acceptors (Lipinski definition) is 5. The molecule has 0 saturated heterocycles. The zero-order valence-corrected chi connectivity index (χ0v) is 14.2. The molecule has 0 fully saturated rings. The average molecular weight is 344 g/mol. The molecule has 1 aromatic carbocycles. The lowest BCUT2D eigenvalue weighted by molar-refractivity contribution is 0.340. The lowest BCUT2D eigenvalue weighted by atomic mass is 10.2. The molecule has 1 aromatic heterocycles. The summed E-state index contributed by atoms with van der Waals surface area (Å²) in [6.07, 6.45) is 1.64. The molecule has 0 aliphatic carbocycles. The number of aryl methyl sites for hydroxylation is 2. The normalized spacial score (nSPS) is 11.1. The molecule has 1 heterocycles. The Hall–Kier alpha value is -1.30. The molecule has 0 spiro atoms. The van der Waals surface area contributed by atoms with Gasteiger partial charge in [0.1, 0.15) is 0 Å². The van der Waals surface area contributed by atoms with Crippen LogP contribution in [0.2, 0.25) is 10.0 Å². The third-order valence-corrected chi connectivity index (χ3v) is 4.25. The summed E-state index contributed by atoms with van der Waals surface area (Å²) < 4.78 is 5.38. The van der Waals surface area contributed by atoms with E-state index in [-0.39, 0.29) is 0 Å². The van der Waals surface area contributed by atoms with Gasteiger partial charge in [0, 0.05) is 4.88 Å². The molecule has 0 aliphatic heterocycles. The highest BCUT2D eigenvalue weighted by molar-refractivity contribution is 7.15. The van der Waals surface area contributed by atoms with E-state index < -0.39 is 0 Å². The van der Waals surface area contributed by atoms with Crippen molar-refractivity contribution in [3.63, 3.8) is 0 Å². The van der Waals surface area contributed by atoms with Crippen LogP contribution >= 0.6 is 34.5 Å². The lowest BCUT2D eigenvalue weighted by Gasteiger charge is -2.08. The number of nitrogens with one attached hydrogen (secondary N) is 1. The van der Waals surface area contributed by atoms with Crippen molar-refractivity contribution < 1.29 is 4.74 Å². The average Bonchev–Trinajstić information content (AvgIpc) is 2.73. The molecule has 1 N–H and O–H groups in total. The van der Waals surface area contributed by atoms with Crippen LogP contribution in [-0.2, 0) is 0 Å². The molecule has 0 unspecified atom stereocenters. The predicted octanol–water partition coefficient (Wildman–Crippen LogP) is 4.91. The Bertz CT molecular complexity index is 628. The zero-order chi connectivity index (χ0) is 15.4. The summed E-state index contributed by atoms with van der Waals surface area (Å²) >= 11 is 13.8. The summed E-state index contributed by atoms with van der Waals surface area (Å²) in [6, 6.07) is 3.50. The third-order valence-electron chi connectivity index (χ3n) is 2.71. The second-order valence-electron chi connectivity index (χ2n) is 4.28. The molecular formula is C14H15Cl2N3OS. The van der Waals surface area contributed by atoms with E-state index >= 15 is 0 Å². The van der Waals surface area contributed by atoms with Crippen molar-refractivity contribution in [3.8, 4) is 5.75 Å². The van der Waals surface area contributed by atoms with Crippen molar-refractivity contribution in [2.24, 2.45) is 5.10 Å². The molecule has 0 radical (unpaired) electrons. The van der Waals surface area contributed by atoms with E-state index in [1.165, 1.54) is 4.88 Å². The van der Waals surface area contributed by atoms with Crippen LogP contribution in [0.15, 0.2) is 17.2 Å². The van der Waals surface area contributed by atoms with E-state index in [2.05, 4.69) is 15.5 Å². The number of thiazole rings is 1. The van der Waals surface area contributed by atoms with Gasteiger partial charge in [0.2, 0.25) is 5.13 Å². The van der Waals surface area contributed by atoms with Gasteiger partial charge in [-0.2, -0.15) is 5.10 Å². The number of halogens is 2. The van der Waals surface area contributed by atoms with E-state index in [9.17, 15) is 0 Å². The number of anilines is 1. The van der Waals surface area contributed by atoms with Crippen LogP contribution < -0.4 is 10.2 Å². The Kier molecular flexibility index (Phi) is 5.45. The molecule has 0 amide bonds. The Labute approximate surface area is 137 Å². The maximum Gasteiger partial charge on any atom is 0.203 e. The molecule has 21 heavy (non-hydrogen) atoms. The maximum atomic E-state index is 6.13. The number of hydrogen-bond donors (Lipinski definition) is 1. The molecule has 0 saturated carbocycles. The predicted molar refractivity (Wildman–Crippen MR) is 90.4 cm³/mol. The largest absolute Gasteiger partial charge is 0.491 e. The molecule has 0 atom stereocenters. The van der Waals surface area contributed by atoms with Gasteiger partial charge in [-0.05, 0) is 38.5 Å². The zero-order valence-electron chi connectivity index (χ0n) is 11.9. The standard InChI is InChI=1S/C14H15Cl2N3OS/c1-4-20-13-11(15)5-10(6-12(13)16)7-17-19-14-18-8(2)9(3)21-14/h5-7H,4H2,1-3H3,(H,18,19)/b17-7-. The van der Waals surface area contributed by atoms with Crippen molar-refractivity contribution in [2.75, 3.05) is 12.0 Å². The first-order chi connectivity index (χ1) is 10.0. The summed E-state index contributed by atoms with van der Waals surface area (Å²) in [6.45, 7) is 6.38. The van der Waals surface area contributed by atoms with Crippen molar-refractivity contribution in [2.45, 2.75) is 20.8 Å². The molecule has 2 rings (SSSR count). The van der Waals surface area contributed by atoms with E-state index in [1.54, 1.807) is 29.7 Å². The second kappa shape index (κ2) is 7.11. The van der Waals surface area contributed by atoms with Crippen LogP contribution in [0, 0.1) is 13.8 Å². The van der Waals surface area contributed by atoms with E-state index in [4.69, 9.17) is 27.9 Å². The van der Waals surface area contributed by atoms with Crippen molar-refractivity contribution in [1.82, 2.24) is 4.98 Å². The summed E-state index contributed by atoms with van der Waals surface area (Å²) in [5, 5.41) is 5.82.